The van der Waals surface area contributed by atoms with Gasteiger partial charge in [0.2, 0.25) is 0 Å². The van der Waals surface area contributed by atoms with E-state index >= 15 is 0 Å². The van der Waals surface area contributed by atoms with E-state index in [-0.39, 0.29) is 0 Å². The summed E-state index contributed by atoms with van der Waals surface area (Å²) < 4.78 is 11.7. The number of nitrogens with zero attached hydrogens (tertiary/aromatic N) is 2. The summed E-state index contributed by atoms with van der Waals surface area (Å²) >= 11 is 0. The minimum absolute atomic E-state index is 0.892. The second-order valence-electron chi connectivity index (χ2n) is 14.8. The van der Waals surface area contributed by atoms with Crippen molar-refractivity contribution in [2.75, 3.05) is 0 Å². The zero-order valence-corrected chi connectivity index (χ0v) is 29.6. The first-order valence-corrected chi connectivity index (χ1v) is 18.9. The molecule has 0 radical (unpaired) electrons. The predicted molar refractivity (Wildman–Crippen MR) is 230 cm³/mol. The molecular formula is C52H30N2O. The molecule has 0 amide bonds. The highest BCUT2D eigenvalue weighted by atomic mass is 16.3. The van der Waals surface area contributed by atoms with Crippen LogP contribution in [0.4, 0.5) is 0 Å². The number of hydrogen-bond acceptors (Lipinski definition) is 1. The SMILES string of the molecule is c1ccc(-c2cccc(-n3c4ccccc4c4ccc5c6ccc7oc8ccccc8c7c6n(-c6ccc7c8c(cccc68)-c6ccccc6-7)c5c43)c2)cc1. The van der Waals surface area contributed by atoms with Crippen LogP contribution in [0.25, 0.3) is 121 Å². The number of aromatic nitrogens is 2. The van der Waals surface area contributed by atoms with E-state index in [0.29, 0.717) is 0 Å². The van der Waals surface area contributed by atoms with Crippen molar-refractivity contribution in [1.29, 1.82) is 0 Å². The third-order valence-electron chi connectivity index (χ3n) is 12.0. The van der Waals surface area contributed by atoms with Crippen LogP contribution in [-0.2, 0) is 0 Å². The fraction of sp³-hybridized carbons (Fsp3) is 0. The van der Waals surface area contributed by atoms with E-state index in [9.17, 15) is 0 Å². The summed E-state index contributed by atoms with van der Waals surface area (Å²) in [6.07, 6.45) is 0. The summed E-state index contributed by atoms with van der Waals surface area (Å²) in [6, 6.07) is 66.5. The molecule has 3 nitrogen and oxygen atoms in total. The molecule has 254 valence electrons. The van der Waals surface area contributed by atoms with Gasteiger partial charge in [0.05, 0.1) is 33.1 Å². The van der Waals surface area contributed by atoms with E-state index in [4.69, 9.17) is 4.42 Å². The van der Waals surface area contributed by atoms with Crippen LogP contribution in [0.5, 0.6) is 0 Å². The Morgan fingerprint density at radius 2 is 0.945 bits per heavy atom. The Labute approximate surface area is 315 Å². The van der Waals surface area contributed by atoms with Crippen LogP contribution in [0, 0.1) is 0 Å². The Balaban J connectivity index is 1.26. The summed E-state index contributed by atoms with van der Waals surface area (Å²) in [5.74, 6) is 0. The minimum atomic E-state index is 0.892. The first kappa shape index (κ1) is 29.1. The fourth-order valence-electron chi connectivity index (χ4n) is 9.80. The van der Waals surface area contributed by atoms with Crippen LogP contribution < -0.4 is 0 Å². The van der Waals surface area contributed by atoms with Gasteiger partial charge in [0.15, 0.2) is 0 Å². The van der Waals surface area contributed by atoms with Crippen molar-refractivity contribution in [1.82, 2.24) is 9.13 Å². The van der Waals surface area contributed by atoms with Gasteiger partial charge in [-0.15, -0.1) is 0 Å². The molecule has 0 saturated carbocycles. The number of para-hydroxylation sites is 2. The zero-order valence-electron chi connectivity index (χ0n) is 29.6. The molecule has 0 N–H and O–H groups in total. The van der Waals surface area contributed by atoms with Crippen molar-refractivity contribution in [2.45, 2.75) is 0 Å². The van der Waals surface area contributed by atoms with Gasteiger partial charge >= 0.3 is 0 Å². The topological polar surface area (TPSA) is 23.0 Å². The maximum Gasteiger partial charge on any atom is 0.137 e. The van der Waals surface area contributed by atoms with E-state index in [0.717, 1.165) is 38.8 Å². The van der Waals surface area contributed by atoms with Gasteiger partial charge in [-0.2, -0.15) is 0 Å². The van der Waals surface area contributed by atoms with Crippen LogP contribution in [-0.4, -0.2) is 9.13 Å². The Hall–Kier alpha value is -7.36. The number of furan rings is 1. The number of benzene rings is 9. The molecule has 0 spiro atoms. The maximum absolute atomic E-state index is 6.59. The highest BCUT2D eigenvalue weighted by Gasteiger charge is 2.27. The maximum atomic E-state index is 6.59. The molecule has 0 bridgehead atoms. The van der Waals surface area contributed by atoms with E-state index in [2.05, 4.69) is 191 Å². The van der Waals surface area contributed by atoms with Crippen molar-refractivity contribution >= 4 is 76.3 Å². The minimum Gasteiger partial charge on any atom is -0.456 e. The lowest BCUT2D eigenvalue weighted by Gasteiger charge is -2.16. The van der Waals surface area contributed by atoms with Crippen molar-refractivity contribution in [3.05, 3.63) is 182 Å². The van der Waals surface area contributed by atoms with E-state index in [1.54, 1.807) is 0 Å². The summed E-state index contributed by atoms with van der Waals surface area (Å²) in [4.78, 5) is 0. The Morgan fingerprint density at radius 3 is 1.82 bits per heavy atom. The fourth-order valence-corrected chi connectivity index (χ4v) is 9.80. The lowest BCUT2D eigenvalue weighted by atomic mass is 10.0. The molecule has 0 fully saturated rings. The molecule has 0 unspecified atom stereocenters. The van der Waals surface area contributed by atoms with Gasteiger partial charge in [-0.3, -0.25) is 0 Å². The summed E-state index contributed by atoms with van der Waals surface area (Å²) in [6.45, 7) is 0. The molecule has 13 rings (SSSR count). The molecule has 0 aliphatic heterocycles. The first-order chi connectivity index (χ1) is 27.3. The Kier molecular flexibility index (Phi) is 5.63. The largest absolute Gasteiger partial charge is 0.456 e. The first-order valence-electron chi connectivity index (χ1n) is 18.9. The molecular weight excluding hydrogens is 669 g/mol. The monoisotopic (exact) mass is 698 g/mol. The van der Waals surface area contributed by atoms with Crippen molar-refractivity contribution in [3.8, 4) is 44.8 Å². The highest BCUT2D eigenvalue weighted by molar-refractivity contribution is 6.30. The highest BCUT2D eigenvalue weighted by Crippen LogP contribution is 2.51. The van der Waals surface area contributed by atoms with Gasteiger partial charge in [0.25, 0.3) is 0 Å². The number of hydrogen-bond donors (Lipinski definition) is 0. The molecule has 9 aromatic carbocycles. The standard InChI is InChI=1S/C52H30N2O/c1-2-12-31(13-3-1)32-14-10-15-33(30-32)53-44-22-8-6-18-36(44)39-24-25-41-40-27-29-47-49(43-19-7-9-23-46(43)55-47)50(40)54(52(41)51(39)53)45-28-26-38-35-17-5-4-16-34(35)37-20-11-21-42(45)48(37)38/h1-30H. The molecule has 55 heavy (non-hydrogen) atoms. The van der Waals surface area contributed by atoms with Crippen LogP contribution in [0.2, 0.25) is 0 Å². The van der Waals surface area contributed by atoms with Crippen LogP contribution in [0.15, 0.2) is 186 Å². The molecule has 0 atom stereocenters. The summed E-state index contributed by atoms with van der Waals surface area (Å²) in [7, 11) is 0. The summed E-state index contributed by atoms with van der Waals surface area (Å²) in [5.41, 5.74) is 16.4. The predicted octanol–water partition coefficient (Wildman–Crippen LogP) is 14.2. The summed E-state index contributed by atoms with van der Waals surface area (Å²) in [5, 5.41) is 9.68. The van der Waals surface area contributed by atoms with Gasteiger partial charge in [-0.25, -0.2) is 0 Å². The number of fused-ring (bicyclic) bond motifs is 14. The normalized spacial score (nSPS) is 12.4. The van der Waals surface area contributed by atoms with Gasteiger partial charge in [0, 0.05) is 38.0 Å². The smallest absolute Gasteiger partial charge is 0.137 e. The van der Waals surface area contributed by atoms with Gasteiger partial charge in [0.1, 0.15) is 11.2 Å². The van der Waals surface area contributed by atoms with Gasteiger partial charge in [-0.05, 0) is 81.2 Å². The van der Waals surface area contributed by atoms with Crippen molar-refractivity contribution in [3.63, 3.8) is 0 Å². The zero-order chi connectivity index (χ0) is 35.8. The van der Waals surface area contributed by atoms with Gasteiger partial charge < -0.3 is 13.6 Å². The van der Waals surface area contributed by atoms with Crippen molar-refractivity contribution in [2.24, 2.45) is 0 Å². The molecule has 1 aliphatic rings. The van der Waals surface area contributed by atoms with Crippen molar-refractivity contribution < 1.29 is 4.42 Å². The Morgan fingerprint density at radius 1 is 0.327 bits per heavy atom. The van der Waals surface area contributed by atoms with E-state index in [1.807, 2.05) is 0 Å². The molecule has 3 heterocycles. The second-order valence-corrected chi connectivity index (χ2v) is 14.8. The second kappa shape index (κ2) is 10.6. The molecule has 1 aliphatic carbocycles. The van der Waals surface area contributed by atoms with Crippen LogP contribution in [0.3, 0.4) is 0 Å². The third-order valence-corrected chi connectivity index (χ3v) is 12.0. The molecule has 3 heteroatoms. The average molecular weight is 699 g/mol. The van der Waals surface area contributed by atoms with E-state index in [1.165, 1.54) is 82.2 Å². The van der Waals surface area contributed by atoms with E-state index < -0.39 is 0 Å². The molecule has 12 aromatic rings. The molecule has 3 aromatic heterocycles. The number of rotatable bonds is 3. The molecule has 0 saturated heterocycles. The average Bonchev–Trinajstić information content (AvgIpc) is 3.99. The Bertz CT molecular complexity index is 3570. The lowest BCUT2D eigenvalue weighted by molar-refractivity contribution is 0.669. The quantitative estimate of drug-likeness (QED) is 0.180. The van der Waals surface area contributed by atoms with Gasteiger partial charge in [-0.1, -0.05) is 140 Å². The van der Waals surface area contributed by atoms with Crippen LogP contribution in [0.1, 0.15) is 0 Å². The van der Waals surface area contributed by atoms with Crippen LogP contribution >= 0.6 is 0 Å². The third kappa shape index (κ3) is 3.79. The lowest BCUT2D eigenvalue weighted by Crippen LogP contribution is -2.00.